The standard InChI is InChI=1S/C16H16N2O5S/c1-11-5-3-8-14(9-11)24(21,22)18(16(17)20)13-7-4-6-12(10-13)15(19)23-2/h3-10H,1-2H3,(H2,17,20). The van der Waals surface area contributed by atoms with E-state index in [-0.39, 0.29) is 16.1 Å². The van der Waals surface area contributed by atoms with E-state index in [1.165, 1.54) is 43.5 Å². The average Bonchev–Trinajstić information content (AvgIpc) is 2.54. The van der Waals surface area contributed by atoms with Gasteiger partial charge < -0.3 is 10.5 Å². The molecule has 126 valence electrons. The van der Waals surface area contributed by atoms with E-state index >= 15 is 0 Å². The largest absolute Gasteiger partial charge is 0.465 e. The third-order valence-electron chi connectivity index (χ3n) is 3.23. The minimum Gasteiger partial charge on any atom is -0.465 e. The monoisotopic (exact) mass is 348 g/mol. The van der Waals surface area contributed by atoms with Gasteiger partial charge in [0.2, 0.25) is 0 Å². The molecular weight excluding hydrogens is 332 g/mol. The summed E-state index contributed by atoms with van der Waals surface area (Å²) in [6, 6.07) is 10.4. The number of benzene rings is 2. The number of amides is 2. The summed E-state index contributed by atoms with van der Waals surface area (Å²) >= 11 is 0. The van der Waals surface area contributed by atoms with Gasteiger partial charge in [0, 0.05) is 0 Å². The van der Waals surface area contributed by atoms with Crippen LogP contribution in [0.3, 0.4) is 0 Å². The maximum absolute atomic E-state index is 12.8. The zero-order valence-corrected chi connectivity index (χ0v) is 13.9. The molecule has 0 atom stereocenters. The van der Waals surface area contributed by atoms with Crippen LogP contribution in [-0.2, 0) is 14.8 Å². The van der Waals surface area contributed by atoms with Gasteiger partial charge in [-0.2, -0.15) is 4.31 Å². The quantitative estimate of drug-likeness (QED) is 0.851. The fraction of sp³-hybridized carbons (Fsp3) is 0.125. The topological polar surface area (TPSA) is 107 Å². The number of primary amides is 1. The zero-order valence-electron chi connectivity index (χ0n) is 13.1. The number of carbonyl (C=O) groups is 2. The number of carbonyl (C=O) groups excluding carboxylic acids is 2. The second-order valence-electron chi connectivity index (χ2n) is 4.97. The highest BCUT2D eigenvalue weighted by Gasteiger charge is 2.30. The maximum Gasteiger partial charge on any atom is 0.337 e. The predicted octanol–water partition coefficient (Wildman–Crippen LogP) is 2.06. The zero-order chi connectivity index (χ0) is 17.9. The molecule has 0 saturated carbocycles. The summed E-state index contributed by atoms with van der Waals surface area (Å²) in [5.74, 6) is -0.658. The Kier molecular flexibility index (Phi) is 4.89. The van der Waals surface area contributed by atoms with Crippen molar-refractivity contribution in [3.63, 3.8) is 0 Å². The lowest BCUT2D eigenvalue weighted by atomic mass is 10.2. The second kappa shape index (κ2) is 6.71. The number of hydrogen-bond acceptors (Lipinski definition) is 5. The van der Waals surface area contributed by atoms with Crippen LogP contribution in [0.25, 0.3) is 0 Å². The van der Waals surface area contributed by atoms with Crippen LogP contribution in [0.15, 0.2) is 53.4 Å². The van der Waals surface area contributed by atoms with Crippen molar-refractivity contribution in [2.24, 2.45) is 5.73 Å². The van der Waals surface area contributed by atoms with E-state index in [2.05, 4.69) is 4.74 Å². The molecule has 0 unspecified atom stereocenters. The van der Waals surface area contributed by atoms with Gasteiger partial charge >= 0.3 is 12.0 Å². The minimum absolute atomic E-state index is 0.0492. The summed E-state index contributed by atoms with van der Waals surface area (Å²) in [5, 5.41) is 0. The lowest BCUT2D eigenvalue weighted by Gasteiger charge is -2.21. The first-order valence-electron chi connectivity index (χ1n) is 6.87. The van der Waals surface area contributed by atoms with Crippen LogP contribution >= 0.6 is 0 Å². The molecular formula is C16H16N2O5S. The first kappa shape index (κ1) is 17.5. The Morgan fingerprint density at radius 1 is 1.08 bits per heavy atom. The number of ether oxygens (including phenoxy) is 1. The van der Waals surface area contributed by atoms with Crippen LogP contribution in [0, 0.1) is 6.92 Å². The lowest BCUT2D eigenvalue weighted by Crippen LogP contribution is -2.40. The molecule has 0 aliphatic heterocycles. The van der Waals surface area contributed by atoms with Gasteiger partial charge in [0.05, 0.1) is 23.3 Å². The molecule has 0 spiro atoms. The number of esters is 1. The van der Waals surface area contributed by atoms with Gasteiger partial charge in [-0.05, 0) is 42.8 Å². The molecule has 0 heterocycles. The average molecular weight is 348 g/mol. The number of urea groups is 1. The smallest absolute Gasteiger partial charge is 0.337 e. The van der Waals surface area contributed by atoms with Crippen molar-refractivity contribution in [3.05, 3.63) is 59.7 Å². The molecule has 0 aliphatic rings. The number of anilines is 1. The van der Waals surface area contributed by atoms with Gasteiger partial charge in [-0.3, -0.25) is 0 Å². The SMILES string of the molecule is COC(=O)c1cccc(N(C(N)=O)S(=O)(=O)c2cccc(C)c2)c1. The van der Waals surface area contributed by atoms with Crippen molar-refractivity contribution in [2.75, 3.05) is 11.4 Å². The molecule has 7 nitrogen and oxygen atoms in total. The van der Waals surface area contributed by atoms with Crippen LogP contribution in [0.2, 0.25) is 0 Å². The van der Waals surface area contributed by atoms with E-state index < -0.39 is 22.0 Å². The predicted molar refractivity (Wildman–Crippen MR) is 88.2 cm³/mol. The second-order valence-corrected chi connectivity index (χ2v) is 6.75. The van der Waals surface area contributed by atoms with Crippen LogP contribution in [-0.4, -0.2) is 27.5 Å². The van der Waals surface area contributed by atoms with E-state index in [0.717, 1.165) is 0 Å². The Hall–Kier alpha value is -2.87. The summed E-state index contributed by atoms with van der Waals surface area (Å²) < 4.78 is 30.6. The molecule has 2 amide bonds. The fourth-order valence-electron chi connectivity index (χ4n) is 2.14. The lowest BCUT2D eigenvalue weighted by molar-refractivity contribution is 0.0600. The Morgan fingerprint density at radius 3 is 2.33 bits per heavy atom. The third kappa shape index (κ3) is 3.38. The number of hydrogen-bond donors (Lipinski definition) is 1. The molecule has 0 aromatic heterocycles. The number of nitrogens with two attached hydrogens (primary N) is 1. The molecule has 0 saturated heterocycles. The molecule has 0 bridgehead atoms. The van der Waals surface area contributed by atoms with Crippen molar-refractivity contribution in [1.29, 1.82) is 0 Å². The van der Waals surface area contributed by atoms with Gasteiger partial charge in [0.15, 0.2) is 0 Å². The highest BCUT2D eigenvalue weighted by Crippen LogP contribution is 2.25. The van der Waals surface area contributed by atoms with Gasteiger partial charge in [-0.1, -0.05) is 18.2 Å². The Morgan fingerprint density at radius 2 is 1.75 bits per heavy atom. The highest BCUT2D eigenvalue weighted by atomic mass is 32.2. The van der Waals surface area contributed by atoms with Gasteiger partial charge in [-0.25, -0.2) is 18.0 Å². The highest BCUT2D eigenvalue weighted by molar-refractivity contribution is 7.93. The van der Waals surface area contributed by atoms with Crippen LogP contribution in [0.1, 0.15) is 15.9 Å². The van der Waals surface area contributed by atoms with E-state index in [1.807, 2.05) is 0 Å². The number of methoxy groups -OCH3 is 1. The fourth-order valence-corrected chi connectivity index (χ4v) is 3.57. The van der Waals surface area contributed by atoms with Crippen molar-refractivity contribution in [1.82, 2.24) is 0 Å². The van der Waals surface area contributed by atoms with E-state index in [1.54, 1.807) is 19.1 Å². The molecule has 0 radical (unpaired) electrons. The van der Waals surface area contributed by atoms with Crippen molar-refractivity contribution >= 4 is 27.7 Å². The molecule has 2 aromatic rings. The summed E-state index contributed by atoms with van der Waals surface area (Å²) in [6.45, 7) is 1.73. The van der Waals surface area contributed by atoms with Crippen molar-refractivity contribution in [2.45, 2.75) is 11.8 Å². The summed E-state index contributed by atoms with van der Waals surface area (Å²) in [5.41, 5.74) is 6.04. The third-order valence-corrected chi connectivity index (χ3v) is 4.95. The number of sulfonamides is 1. The Bertz CT molecular complexity index is 893. The van der Waals surface area contributed by atoms with Gasteiger partial charge in [-0.15, -0.1) is 0 Å². The molecule has 0 aliphatic carbocycles. The van der Waals surface area contributed by atoms with Gasteiger partial charge in [0.25, 0.3) is 10.0 Å². The molecule has 0 fully saturated rings. The number of nitrogens with zero attached hydrogens (tertiary/aromatic N) is 1. The van der Waals surface area contributed by atoms with Crippen molar-refractivity contribution < 1.29 is 22.7 Å². The van der Waals surface area contributed by atoms with Crippen LogP contribution < -0.4 is 10.0 Å². The number of aryl methyl sites for hydroxylation is 1. The minimum atomic E-state index is -4.22. The van der Waals surface area contributed by atoms with Crippen LogP contribution in [0.5, 0.6) is 0 Å². The van der Waals surface area contributed by atoms with E-state index in [9.17, 15) is 18.0 Å². The molecule has 24 heavy (non-hydrogen) atoms. The van der Waals surface area contributed by atoms with E-state index in [4.69, 9.17) is 5.73 Å². The van der Waals surface area contributed by atoms with Crippen LogP contribution in [0.4, 0.5) is 10.5 Å². The summed E-state index contributed by atoms with van der Waals surface area (Å²) in [4.78, 5) is 23.3. The molecule has 2 N–H and O–H groups in total. The Balaban J connectivity index is 2.58. The maximum atomic E-state index is 12.8. The van der Waals surface area contributed by atoms with Gasteiger partial charge in [0.1, 0.15) is 0 Å². The number of rotatable bonds is 4. The van der Waals surface area contributed by atoms with E-state index in [0.29, 0.717) is 9.87 Å². The first-order chi connectivity index (χ1) is 11.3. The Labute approximate surface area is 139 Å². The normalized spacial score (nSPS) is 10.9. The molecule has 2 rings (SSSR count). The summed E-state index contributed by atoms with van der Waals surface area (Å²) in [7, 11) is -3.02. The molecule has 8 heteroatoms. The first-order valence-corrected chi connectivity index (χ1v) is 8.31. The van der Waals surface area contributed by atoms with Crippen molar-refractivity contribution in [3.8, 4) is 0 Å². The molecule has 2 aromatic carbocycles. The summed E-state index contributed by atoms with van der Waals surface area (Å²) in [6.07, 6.45) is 0.